The van der Waals surface area contributed by atoms with Crippen LogP contribution >= 0.6 is 0 Å². The molecular formula is C14H27N3O. The van der Waals surface area contributed by atoms with Crippen molar-refractivity contribution >= 4 is 5.91 Å². The fourth-order valence-corrected chi connectivity index (χ4v) is 3.03. The molecule has 0 aromatic rings. The number of hydrogen-bond acceptors (Lipinski definition) is 3. The van der Waals surface area contributed by atoms with Crippen LogP contribution in [0.25, 0.3) is 0 Å². The van der Waals surface area contributed by atoms with Crippen molar-refractivity contribution in [2.45, 2.75) is 57.5 Å². The number of amides is 1. The molecule has 4 nitrogen and oxygen atoms in total. The van der Waals surface area contributed by atoms with Gasteiger partial charge in [-0.1, -0.05) is 6.92 Å². The molecule has 2 rings (SSSR count). The first kappa shape index (κ1) is 13.8. The van der Waals surface area contributed by atoms with Gasteiger partial charge in [0.15, 0.2) is 0 Å². The molecule has 2 fully saturated rings. The Hall–Kier alpha value is -0.610. The van der Waals surface area contributed by atoms with E-state index in [9.17, 15) is 4.79 Å². The van der Waals surface area contributed by atoms with E-state index in [1.807, 2.05) is 4.90 Å². The Bertz CT molecular complexity index is 272. The molecule has 1 saturated carbocycles. The number of carbonyl (C=O) groups is 1. The zero-order valence-electron chi connectivity index (χ0n) is 11.6. The van der Waals surface area contributed by atoms with Crippen LogP contribution in [0.2, 0.25) is 0 Å². The average Bonchev–Trinajstić information content (AvgIpc) is 3.24. The standard InChI is InChI=1S/C14H27N3O/c1-2-17(12-6-7-12)13(11-15)10-14(18)16-8-4-3-5-9-16/h12-13H,2-11,15H2,1H3. The van der Waals surface area contributed by atoms with Gasteiger partial charge in [-0.15, -0.1) is 0 Å². The van der Waals surface area contributed by atoms with Crippen molar-refractivity contribution in [3.05, 3.63) is 0 Å². The lowest BCUT2D eigenvalue weighted by molar-refractivity contribution is -0.133. The number of likely N-dealkylation sites (N-methyl/N-ethyl adjacent to an activating group) is 1. The first-order valence-corrected chi connectivity index (χ1v) is 7.49. The zero-order chi connectivity index (χ0) is 13.0. The van der Waals surface area contributed by atoms with Crippen molar-refractivity contribution in [2.24, 2.45) is 5.73 Å². The third-order valence-corrected chi connectivity index (χ3v) is 4.24. The third-order valence-electron chi connectivity index (χ3n) is 4.24. The minimum absolute atomic E-state index is 0.247. The molecule has 0 radical (unpaired) electrons. The second-order valence-electron chi connectivity index (χ2n) is 5.60. The van der Waals surface area contributed by atoms with E-state index in [4.69, 9.17) is 5.73 Å². The Morgan fingerprint density at radius 2 is 2.00 bits per heavy atom. The summed E-state index contributed by atoms with van der Waals surface area (Å²) in [5, 5.41) is 0. The van der Waals surface area contributed by atoms with Crippen LogP contribution in [0.4, 0.5) is 0 Å². The maximum Gasteiger partial charge on any atom is 0.224 e. The van der Waals surface area contributed by atoms with Gasteiger partial charge in [0.05, 0.1) is 0 Å². The topological polar surface area (TPSA) is 49.6 Å². The quantitative estimate of drug-likeness (QED) is 0.774. The van der Waals surface area contributed by atoms with Gasteiger partial charge in [0, 0.05) is 38.1 Å². The molecule has 2 aliphatic rings. The number of likely N-dealkylation sites (tertiary alicyclic amines) is 1. The SMILES string of the molecule is CCN(C1CC1)C(CN)CC(=O)N1CCCCC1. The van der Waals surface area contributed by atoms with Crippen LogP contribution in [0.1, 0.15) is 45.4 Å². The second kappa shape index (κ2) is 6.53. The Kier molecular flexibility index (Phi) is 5.01. The smallest absolute Gasteiger partial charge is 0.224 e. The monoisotopic (exact) mass is 253 g/mol. The molecule has 104 valence electrons. The Labute approximate surface area is 110 Å². The number of nitrogens with two attached hydrogens (primary N) is 1. The minimum Gasteiger partial charge on any atom is -0.343 e. The van der Waals surface area contributed by atoms with Gasteiger partial charge < -0.3 is 10.6 Å². The molecule has 1 amide bonds. The van der Waals surface area contributed by atoms with E-state index < -0.39 is 0 Å². The lowest BCUT2D eigenvalue weighted by Crippen LogP contribution is -2.46. The lowest BCUT2D eigenvalue weighted by atomic mass is 10.1. The highest BCUT2D eigenvalue weighted by Crippen LogP contribution is 2.29. The minimum atomic E-state index is 0.247. The molecule has 0 bridgehead atoms. The Balaban J connectivity index is 1.86. The highest BCUT2D eigenvalue weighted by molar-refractivity contribution is 5.77. The van der Waals surface area contributed by atoms with E-state index >= 15 is 0 Å². The van der Waals surface area contributed by atoms with Gasteiger partial charge in [0.25, 0.3) is 0 Å². The predicted molar refractivity (Wildman–Crippen MR) is 73.3 cm³/mol. The van der Waals surface area contributed by atoms with Gasteiger partial charge >= 0.3 is 0 Å². The molecule has 1 unspecified atom stereocenters. The molecule has 1 saturated heterocycles. The normalized spacial score (nSPS) is 22.3. The van der Waals surface area contributed by atoms with E-state index in [1.165, 1.54) is 32.1 Å². The van der Waals surface area contributed by atoms with Crippen LogP contribution in [0.5, 0.6) is 0 Å². The number of rotatable bonds is 6. The molecule has 4 heteroatoms. The molecule has 1 heterocycles. The van der Waals surface area contributed by atoms with E-state index in [1.54, 1.807) is 0 Å². The molecule has 1 aliphatic heterocycles. The second-order valence-corrected chi connectivity index (χ2v) is 5.60. The highest BCUT2D eigenvalue weighted by Gasteiger charge is 2.33. The predicted octanol–water partition coefficient (Wildman–Crippen LogP) is 1.20. The van der Waals surface area contributed by atoms with Crippen LogP contribution in [0, 0.1) is 0 Å². The van der Waals surface area contributed by atoms with Gasteiger partial charge in [0.2, 0.25) is 5.91 Å². The summed E-state index contributed by atoms with van der Waals surface area (Å²) in [7, 11) is 0. The molecule has 1 atom stereocenters. The van der Waals surface area contributed by atoms with Gasteiger partial charge in [-0.25, -0.2) is 0 Å². The average molecular weight is 253 g/mol. The van der Waals surface area contributed by atoms with Crippen molar-refractivity contribution in [3.63, 3.8) is 0 Å². The Morgan fingerprint density at radius 3 is 2.50 bits per heavy atom. The largest absolute Gasteiger partial charge is 0.343 e. The summed E-state index contributed by atoms with van der Waals surface area (Å²) in [5.41, 5.74) is 5.88. The van der Waals surface area contributed by atoms with Crippen molar-refractivity contribution in [2.75, 3.05) is 26.2 Å². The fraction of sp³-hybridized carbons (Fsp3) is 0.929. The maximum absolute atomic E-state index is 12.3. The van der Waals surface area contributed by atoms with Crippen LogP contribution in [0.3, 0.4) is 0 Å². The van der Waals surface area contributed by atoms with Crippen molar-refractivity contribution in [1.29, 1.82) is 0 Å². The van der Waals surface area contributed by atoms with E-state index in [2.05, 4.69) is 11.8 Å². The Morgan fingerprint density at radius 1 is 1.33 bits per heavy atom. The zero-order valence-corrected chi connectivity index (χ0v) is 11.6. The van der Waals surface area contributed by atoms with Gasteiger partial charge in [-0.3, -0.25) is 9.69 Å². The van der Waals surface area contributed by atoms with Crippen molar-refractivity contribution < 1.29 is 4.79 Å². The van der Waals surface area contributed by atoms with Gasteiger partial charge in [0.1, 0.15) is 0 Å². The number of hydrogen-bond donors (Lipinski definition) is 1. The maximum atomic E-state index is 12.3. The van der Waals surface area contributed by atoms with Gasteiger partial charge in [-0.05, 0) is 38.6 Å². The van der Waals surface area contributed by atoms with Crippen LogP contribution in [-0.4, -0.2) is 54.0 Å². The molecule has 0 aromatic heterocycles. The third kappa shape index (κ3) is 3.45. The summed E-state index contributed by atoms with van der Waals surface area (Å²) in [6.45, 7) is 5.69. The molecule has 18 heavy (non-hydrogen) atoms. The number of carbonyl (C=O) groups excluding carboxylic acids is 1. The molecular weight excluding hydrogens is 226 g/mol. The van der Waals surface area contributed by atoms with Crippen LogP contribution in [0.15, 0.2) is 0 Å². The summed E-state index contributed by atoms with van der Waals surface area (Å²) in [6, 6.07) is 0.939. The van der Waals surface area contributed by atoms with Crippen LogP contribution in [-0.2, 0) is 4.79 Å². The first-order valence-electron chi connectivity index (χ1n) is 7.49. The molecule has 2 N–H and O–H groups in total. The molecule has 0 aromatic carbocycles. The summed E-state index contributed by atoms with van der Waals surface area (Å²) in [4.78, 5) is 16.7. The van der Waals surface area contributed by atoms with E-state index in [0.717, 1.165) is 19.6 Å². The summed E-state index contributed by atoms with van der Waals surface area (Å²) in [6.07, 6.45) is 6.77. The highest BCUT2D eigenvalue weighted by atomic mass is 16.2. The van der Waals surface area contributed by atoms with Crippen LogP contribution < -0.4 is 5.73 Å². The lowest BCUT2D eigenvalue weighted by Gasteiger charge is -2.33. The van der Waals surface area contributed by atoms with E-state index in [-0.39, 0.29) is 6.04 Å². The summed E-state index contributed by atoms with van der Waals surface area (Å²) < 4.78 is 0. The first-order chi connectivity index (χ1) is 8.76. The van der Waals surface area contributed by atoms with E-state index in [0.29, 0.717) is 24.9 Å². The number of nitrogens with zero attached hydrogens (tertiary/aromatic N) is 2. The van der Waals surface area contributed by atoms with Crippen molar-refractivity contribution in [3.8, 4) is 0 Å². The fourth-order valence-electron chi connectivity index (χ4n) is 3.03. The summed E-state index contributed by atoms with van der Waals surface area (Å²) >= 11 is 0. The summed E-state index contributed by atoms with van der Waals surface area (Å²) in [5.74, 6) is 0.309. The van der Waals surface area contributed by atoms with Crippen molar-refractivity contribution in [1.82, 2.24) is 9.80 Å². The molecule has 1 aliphatic carbocycles. The van der Waals surface area contributed by atoms with Gasteiger partial charge in [-0.2, -0.15) is 0 Å². The molecule has 0 spiro atoms. The number of piperidine rings is 1.